The Labute approximate surface area is 116 Å². The van der Waals surface area contributed by atoms with Crippen molar-refractivity contribution in [2.24, 2.45) is 15.9 Å². The molecule has 0 spiro atoms. The standard InChI is InChI=1S/C13H14N6O/c1-9(10-5-3-4-6-16-10)18-19-13(14)11-7-15-8-12(17-11)20-2/h3-8H,1-2H3,(H2,14,19)/b18-9-. The molecule has 0 bridgehead atoms. The SMILES string of the molecule is COc1cncc(/C(N)=N\N=C(\C)c2ccccn2)n1. The summed E-state index contributed by atoms with van der Waals surface area (Å²) < 4.78 is 4.97. The van der Waals surface area contributed by atoms with Gasteiger partial charge in [-0.25, -0.2) is 4.98 Å². The Morgan fingerprint density at radius 2 is 2.05 bits per heavy atom. The van der Waals surface area contributed by atoms with Crippen LogP contribution >= 0.6 is 0 Å². The van der Waals surface area contributed by atoms with E-state index in [-0.39, 0.29) is 5.84 Å². The van der Waals surface area contributed by atoms with Crippen LogP contribution in [0.2, 0.25) is 0 Å². The average molecular weight is 270 g/mol. The zero-order valence-electron chi connectivity index (χ0n) is 11.2. The second-order valence-electron chi connectivity index (χ2n) is 3.83. The fourth-order valence-corrected chi connectivity index (χ4v) is 1.38. The minimum atomic E-state index is 0.159. The summed E-state index contributed by atoms with van der Waals surface area (Å²) in [6.07, 6.45) is 4.67. The molecule has 0 saturated carbocycles. The summed E-state index contributed by atoms with van der Waals surface area (Å²) in [6, 6.07) is 5.55. The van der Waals surface area contributed by atoms with Crippen LogP contribution in [0.1, 0.15) is 18.3 Å². The Morgan fingerprint density at radius 3 is 2.75 bits per heavy atom. The summed E-state index contributed by atoms with van der Waals surface area (Å²) in [5.41, 5.74) is 7.61. The lowest BCUT2D eigenvalue weighted by Gasteiger charge is -2.01. The van der Waals surface area contributed by atoms with Crippen LogP contribution in [0.5, 0.6) is 5.88 Å². The van der Waals surface area contributed by atoms with E-state index >= 15 is 0 Å². The largest absolute Gasteiger partial charge is 0.480 e. The molecule has 102 valence electrons. The second kappa shape index (κ2) is 6.37. The number of pyridine rings is 1. The van der Waals surface area contributed by atoms with Crippen LogP contribution in [-0.2, 0) is 0 Å². The van der Waals surface area contributed by atoms with E-state index in [0.717, 1.165) is 5.69 Å². The van der Waals surface area contributed by atoms with Crippen molar-refractivity contribution in [3.05, 3.63) is 48.2 Å². The van der Waals surface area contributed by atoms with Gasteiger partial charge in [0, 0.05) is 6.20 Å². The highest BCUT2D eigenvalue weighted by atomic mass is 16.5. The van der Waals surface area contributed by atoms with Gasteiger partial charge >= 0.3 is 0 Å². The number of amidine groups is 1. The average Bonchev–Trinajstić information content (AvgIpc) is 2.53. The highest BCUT2D eigenvalue weighted by molar-refractivity contribution is 5.99. The van der Waals surface area contributed by atoms with Gasteiger partial charge < -0.3 is 10.5 Å². The molecule has 0 atom stereocenters. The first-order valence-electron chi connectivity index (χ1n) is 5.86. The molecule has 0 aliphatic rings. The fraction of sp³-hybridized carbons (Fsp3) is 0.154. The number of aromatic nitrogens is 3. The molecule has 0 radical (unpaired) electrons. The lowest BCUT2D eigenvalue weighted by molar-refractivity contribution is 0.395. The van der Waals surface area contributed by atoms with Crippen LogP contribution < -0.4 is 10.5 Å². The van der Waals surface area contributed by atoms with E-state index in [2.05, 4.69) is 25.2 Å². The highest BCUT2D eigenvalue weighted by Gasteiger charge is 2.03. The second-order valence-corrected chi connectivity index (χ2v) is 3.83. The van der Waals surface area contributed by atoms with Gasteiger partial charge in [-0.1, -0.05) is 6.07 Å². The molecule has 0 aliphatic heterocycles. The van der Waals surface area contributed by atoms with E-state index in [1.54, 1.807) is 13.1 Å². The number of nitrogens with zero attached hydrogens (tertiary/aromatic N) is 5. The van der Waals surface area contributed by atoms with E-state index in [4.69, 9.17) is 10.5 Å². The van der Waals surface area contributed by atoms with E-state index in [1.165, 1.54) is 19.5 Å². The predicted octanol–water partition coefficient (Wildman–Crippen LogP) is 1.01. The molecular formula is C13H14N6O. The number of rotatable bonds is 4. The molecule has 2 aromatic heterocycles. The first kappa shape index (κ1) is 13.6. The van der Waals surface area contributed by atoms with Crippen molar-refractivity contribution in [1.82, 2.24) is 15.0 Å². The zero-order valence-corrected chi connectivity index (χ0v) is 11.2. The van der Waals surface area contributed by atoms with Gasteiger partial charge in [0.25, 0.3) is 0 Å². The van der Waals surface area contributed by atoms with Crippen LogP contribution in [0.4, 0.5) is 0 Å². The number of hydrogen-bond donors (Lipinski definition) is 1. The zero-order chi connectivity index (χ0) is 14.4. The summed E-state index contributed by atoms with van der Waals surface area (Å²) >= 11 is 0. The molecule has 0 aromatic carbocycles. The lowest BCUT2D eigenvalue weighted by Crippen LogP contribution is -2.15. The molecule has 0 fully saturated rings. The van der Waals surface area contributed by atoms with Crippen molar-refractivity contribution < 1.29 is 4.74 Å². The van der Waals surface area contributed by atoms with Gasteiger partial charge in [-0.2, -0.15) is 5.10 Å². The Balaban J connectivity index is 2.22. The smallest absolute Gasteiger partial charge is 0.232 e. The van der Waals surface area contributed by atoms with E-state index < -0.39 is 0 Å². The quantitative estimate of drug-likeness (QED) is 0.508. The minimum absolute atomic E-state index is 0.159. The monoisotopic (exact) mass is 270 g/mol. The van der Waals surface area contributed by atoms with Crippen molar-refractivity contribution in [3.8, 4) is 5.88 Å². The van der Waals surface area contributed by atoms with Crippen LogP contribution in [0.3, 0.4) is 0 Å². The summed E-state index contributed by atoms with van der Waals surface area (Å²) in [6.45, 7) is 1.80. The first-order valence-corrected chi connectivity index (χ1v) is 5.86. The molecule has 7 nitrogen and oxygen atoms in total. The van der Waals surface area contributed by atoms with Crippen molar-refractivity contribution in [2.45, 2.75) is 6.92 Å². The van der Waals surface area contributed by atoms with Crippen molar-refractivity contribution in [3.63, 3.8) is 0 Å². The van der Waals surface area contributed by atoms with Crippen molar-refractivity contribution >= 4 is 11.5 Å². The van der Waals surface area contributed by atoms with Gasteiger partial charge in [0.1, 0.15) is 5.69 Å². The van der Waals surface area contributed by atoms with E-state index in [0.29, 0.717) is 17.3 Å². The van der Waals surface area contributed by atoms with Crippen LogP contribution in [0.25, 0.3) is 0 Å². The third kappa shape index (κ3) is 3.35. The van der Waals surface area contributed by atoms with Gasteiger partial charge in [-0.15, -0.1) is 5.10 Å². The maximum Gasteiger partial charge on any atom is 0.232 e. The molecule has 2 rings (SSSR count). The van der Waals surface area contributed by atoms with Gasteiger partial charge in [-0.3, -0.25) is 9.97 Å². The highest BCUT2D eigenvalue weighted by Crippen LogP contribution is 2.04. The van der Waals surface area contributed by atoms with Crippen molar-refractivity contribution in [1.29, 1.82) is 0 Å². The third-order valence-corrected chi connectivity index (χ3v) is 2.43. The van der Waals surface area contributed by atoms with E-state index in [1.807, 2.05) is 18.2 Å². The maximum atomic E-state index is 5.81. The fourth-order valence-electron chi connectivity index (χ4n) is 1.38. The lowest BCUT2D eigenvalue weighted by atomic mass is 10.3. The first-order chi connectivity index (χ1) is 9.70. The molecule has 20 heavy (non-hydrogen) atoms. The van der Waals surface area contributed by atoms with Crippen LogP contribution in [0.15, 0.2) is 47.0 Å². The summed E-state index contributed by atoms with van der Waals surface area (Å²) in [7, 11) is 1.50. The summed E-state index contributed by atoms with van der Waals surface area (Å²) in [5, 5.41) is 7.97. The number of nitrogens with two attached hydrogens (primary N) is 1. The predicted molar refractivity (Wildman–Crippen MR) is 75.8 cm³/mol. The summed E-state index contributed by atoms with van der Waals surface area (Å²) in [4.78, 5) is 12.2. The molecule has 7 heteroatoms. The Bertz CT molecular complexity index is 638. The number of hydrogen-bond acceptors (Lipinski definition) is 6. The van der Waals surface area contributed by atoms with E-state index in [9.17, 15) is 0 Å². The molecule has 0 unspecified atom stereocenters. The Morgan fingerprint density at radius 1 is 1.20 bits per heavy atom. The van der Waals surface area contributed by atoms with Crippen LogP contribution in [0, 0.1) is 0 Å². The van der Waals surface area contributed by atoms with Gasteiger partial charge in [0.05, 0.1) is 30.9 Å². The molecule has 2 aromatic rings. The topological polar surface area (TPSA) is 98.6 Å². The maximum absolute atomic E-state index is 5.81. The molecule has 0 amide bonds. The molecule has 2 N–H and O–H groups in total. The van der Waals surface area contributed by atoms with Crippen LogP contribution in [-0.4, -0.2) is 33.6 Å². The van der Waals surface area contributed by atoms with Crippen molar-refractivity contribution in [2.75, 3.05) is 7.11 Å². The van der Waals surface area contributed by atoms with Gasteiger partial charge in [0.2, 0.25) is 5.88 Å². The van der Waals surface area contributed by atoms with Gasteiger partial charge in [0.15, 0.2) is 5.84 Å². The Kier molecular flexibility index (Phi) is 4.33. The normalized spacial score (nSPS) is 12.3. The number of ether oxygens (including phenoxy) is 1. The summed E-state index contributed by atoms with van der Waals surface area (Å²) in [5.74, 6) is 0.526. The van der Waals surface area contributed by atoms with Gasteiger partial charge in [-0.05, 0) is 19.1 Å². The molecule has 2 heterocycles. The molecule has 0 aliphatic carbocycles. The molecule has 0 saturated heterocycles. The molecular weight excluding hydrogens is 256 g/mol. The Hall–Kier alpha value is -2.83. The third-order valence-electron chi connectivity index (χ3n) is 2.43. The number of methoxy groups -OCH3 is 1. The minimum Gasteiger partial charge on any atom is -0.480 e.